The first-order chi connectivity index (χ1) is 8.56. The summed E-state index contributed by atoms with van der Waals surface area (Å²) >= 11 is 13.5. The molecule has 1 aromatic carbocycles. The SMILES string of the molecule is O=C(O)/C=C/c1ccc(-c2cc(Cl)ccc2Cl)s1. The van der Waals surface area contributed by atoms with Crippen LogP contribution in [0.2, 0.25) is 10.0 Å². The zero-order chi connectivity index (χ0) is 13.1. The van der Waals surface area contributed by atoms with E-state index < -0.39 is 5.97 Å². The molecule has 0 saturated heterocycles. The highest BCUT2D eigenvalue weighted by atomic mass is 35.5. The average molecular weight is 299 g/mol. The Balaban J connectivity index is 2.35. The van der Waals surface area contributed by atoms with Crippen molar-refractivity contribution >= 4 is 46.6 Å². The smallest absolute Gasteiger partial charge is 0.328 e. The van der Waals surface area contributed by atoms with Gasteiger partial charge in [-0.2, -0.15) is 0 Å². The molecule has 0 fully saturated rings. The normalized spacial score (nSPS) is 11.0. The molecule has 1 heterocycles. The molecule has 0 unspecified atom stereocenters. The van der Waals surface area contributed by atoms with Crippen LogP contribution < -0.4 is 0 Å². The molecule has 0 bridgehead atoms. The van der Waals surface area contributed by atoms with Crippen LogP contribution in [-0.4, -0.2) is 11.1 Å². The average Bonchev–Trinajstić information content (AvgIpc) is 2.78. The predicted molar refractivity (Wildman–Crippen MR) is 76.4 cm³/mol. The molecule has 0 atom stereocenters. The lowest BCUT2D eigenvalue weighted by atomic mass is 10.2. The summed E-state index contributed by atoms with van der Waals surface area (Å²) in [4.78, 5) is 12.2. The van der Waals surface area contributed by atoms with Gasteiger partial charge in [0.1, 0.15) is 0 Å². The zero-order valence-electron chi connectivity index (χ0n) is 9.06. The van der Waals surface area contributed by atoms with Crippen LogP contribution in [0.1, 0.15) is 4.88 Å². The molecule has 2 rings (SSSR count). The number of halogens is 2. The van der Waals surface area contributed by atoms with Crippen LogP contribution in [0.25, 0.3) is 16.5 Å². The summed E-state index contributed by atoms with van der Waals surface area (Å²) in [6.07, 6.45) is 2.66. The van der Waals surface area contributed by atoms with E-state index in [0.717, 1.165) is 21.4 Å². The maximum absolute atomic E-state index is 10.4. The van der Waals surface area contributed by atoms with Gasteiger partial charge >= 0.3 is 5.97 Å². The summed E-state index contributed by atoms with van der Waals surface area (Å²) in [5.41, 5.74) is 0.851. The number of hydrogen-bond acceptors (Lipinski definition) is 2. The van der Waals surface area contributed by atoms with Crippen LogP contribution in [0.3, 0.4) is 0 Å². The van der Waals surface area contributed by atoms with Gasteiger partial charge in [0.05, 0.1) is 0 Å². The first-order valence-electron chi connectivity index (χ1n) is 5.02. The summed E-state index contributed by atoms with van der Waals surface area (Å²) in [5.74, 6) is -0.967. The van der Waals surface area contributed by atoms with E-state index in [1.165, 1.54) is 11.3 Å². The number of hydrogen-bond donors (Lipinski definition) is 1. The monoisotopic (exact) mass is 298 g/mol. The van der Waals surface area contributed by atoms with Crippen molar-refractivity contribution in [1.29, 1.82) is 0 Å². The van der Waals surface area contributed by atoms with Crippen LogP contribution in [0.5, 0.6) is 0 Å². The lowest BCUT2D eigenvalue weighted by Gasteiger charge is -2.01. The van der Waals surface area contributed by atoms with Crippen molar-refractivity contribution in [2.75, 3.05) is 0 Å². The van der Waals surface area contributed by atoms with Crippen LogP contribution >= 0.6 is 34.5 Å². The predicted octanol–water partition coefficient (Wildman–Crippen LogP) is 4.82. The number of carboxylic acid groups (broad SMARTS) is 1. The molecule has 0 saturated carbocycles. The van der Waals surface area contributed by atoms with Crippen LogP contribution in [0, 0.1) is 0 Å². The molecule has 0 aliphatic heterocycles. The van der Waals surface area contributed by atoms with Gasteiger partial charge < -0.3 is 5.11 Å². The number of rotatable bonds is 3. The molecule has 18 heavy (non-hydrogen) atoms. The highest BCUT2D eigenvalue weighted by Crippen LogP contribution is 2.35. The Morgan fingerprint density at radius 1 is 1.22 bits per heavy atom. The zero-order valence-corrected chi connectivity index (χ0v) is 11.4. The van der Waals surface area contributed by atoms with E-state index in [-0.39, 0.29) is 0 Å². The van der Waals surface area contributed by atoms with Gasteiger partial charge in [0, 0.05) is 31.4 Å². The van der Waals surface area contributed by atoms with E-state index in [4.69, 9.17) is 28.3 Å². The van der Waals surface area contributed by atoms with Crippen molar-refractivity contribution in [3.05, 3.63) is 51.3 Å². The highest BCUT2D eigenvalue weighted by molar-refractivity contribution is 7.16. The molecule has 0 amide bonds. The standard InChI is InChI=1S/C13H8Cl2O2S/c14-8-1-4-11(15)10(7-8)12-5-2-9(18-12)3-6-13(16)17/h1-7H,(H,16,17)/b6-3+. The van der Waals surface area contributed by atoms with Crippen molar-refractivity contribution in [2.24, 2.45) is 0 Å². The summed E-state index contributed by atoms with van der Waals surface area (Å²) in [6.45, 7) is 0. The quantitative estimate of drug-likeness (QED) is 0.825. The largest absolute Gasteiger partial charge is 0.478 e. The van der Waals surface area contributed by atoms with Crippen LogP contribution in [0.4, 0.5) is 0 Å². The molecule has 0 aliphatic rings. The van der Waals surface area contributed by atoms with E-state index in [9.17, 15) is 4.79 Å². The molecule has 92 valence electrons. The van der Waals surface area contributed by atoms with E-state index in [0.29, 0.717) is 10.0 Å². The van der Waals surface area contributed by atoms with Crippen LogP contribution in [-0.2, 0) is 4.79 Å². The second-order valence-corrected chi connectivity index (χ2v) is 5.46. The Bertz CT molecular complexity index is 617. The van der Waals surface area contributed by atoms with Crippen molar-refractivity contribution < 1.29 is 9.90 Å². The summed E-state index contributed by atoms with van der Waals surface area (Å²) in [7, 11) is 0. The van der Waals surface area contributed by atoms with E-state index in [1.54, 1.807) is 24.3 Å². The molecule has 0 aliphatic carbocycles. The molecular weight excluding hydrogens is 291 g/mol. The van der Waals surface area contributed by atoms with Gasteiger partial charge in [0.25, 0.3) is 0 Å². The lowest BCUT2D eigenvalue weighted by molar-refractivity contribution is -0.131. The van der Waals surface area contributed by atoms with Gasteiger partial charge in [-0.05, 0) is 36.4 Å². The van der Waals surface area contributed by atoms with Crippen molar-refractivity contribution in [1.82, 2.24) is 0 Å². The minimum absolute atomic E-state index is 0.616. The third kappa shape index (κ3) is 3.13. The number of aliphatic carboxylic acids is 1. The number of carbonyl (C=O) groups is 1. The molecule has 1 aromatic heterocycles. The van der Waals surface area contributed by atoms with E-state index in [2.05, 4.69) is 0 Å². The van der Waals surface area contributed by atoms with Crippen molar-refractivity contribution in [3.63, 3.8) is 0 Å². The topological polar surface area (TPSA) is 37.3 Å². The second-order valence-electron chi connectivity index (χ2n) is 3.50. The Hall–Kier alpha value is -1.29. The molecule has 2 aromatic rings. The van der Waals surface area contributed by atoms with E-state index in [1.807, 2.05) is 12.1 Å². The van der Waals surface area contributed by atoms with Gasteiger partial charge in [0.2, 0.25) is 0 Å². The summed E-state index contributed by atoms with van der Waals surface area (Å²) in [6, 6.07) is 9.00. The Labute approximate surface area is 118 Å². The summed E-state index contributed by atoms with van der Waals surface area (Å²) in [5, 5.41) is 9.79. The van der Waals surface area contributed by atoms with Gasteiger partial charge in [-0.15, -0.1) is 11.3 Å². The first kappa shape index (κ1) is 13.1. The molecule has 1 N–H and O–H groups in total. The van der Waals surface area contributed by atoms with Gasteiger partial charge in [0.15, 0.2) is 0 Å². The third-order valence-corrected chi connectivity index (χ3v) is 3.86. The van der Waals surface area contributed by atoms with E-state index >= 15 is 0 Å². The fraction of sp³-hybridized carbons (Fsp3) is 0. The van der Waals surface area contributed by atoms with Gasteiger partial charge in [-0.25, -0.2) is 4.79 Å². The van der Waals surface area contributed by atoms with Crippen LogP contribution in [0.15, 0.2) is 36.4 Å². The fourth-order valence-electron chi connectivity index (χ4n) is 1.43. The summed E-state index contributed by atoms with van der Waals surface area (Å²) < 4.78 is 0. The minimum Gasteiger partial charge on any atom is -0.478 e. The Morgan fingerprint density at radius 2 is 2.00 bits per heavy atom. The Kier molecular flexibility index (Phi) is 4.07. The minimum atomic E-state index is -0.967. The van der Waals surface area contributed by atoms with Gasteiger partial charge in [-0.3, -0.25) is 0 Å². The molecule has 0 spiro atoms. The molecular formula is C13H8Cl2O2S. The number of benzene rings is 1. The lowest BCUT2D eigenvalue weighted by Crippen LogP contribution is -1.84. The number of carboxylic acids is 1. The maximum atomic E-state index is 10.4. The van der Waals surface area contributed by atoms with Crippen molar-refractivity contribution in [3.8, 4) is 10.4 Å². The van der Waals surface area contributed by atoms with Crippen molar-refractivity contribution in [2.45, 2.75) is 0 Å². The molecule has 5 heteroatoms. The third-order valence-electron chi connectivity index (χ3n) is 2.21. The fourth-order valence-corrected chi connectivity index (χ4v) is 2.82. The van der Waals surface area contributed by atoms with Gasteiger partial charge in [-0.1, -0.05) is 23.2 Å². The maximum Gasteiger partial charge on any atom is 0.328 e. The Morgan fingerprint density at radius 3 is 2.72 bits per heavy atom. The second kappa shape index (κ2) is 5.57. The first-order valence-corrected chi connectivity index (χ1v) is 6.60. The molecule has 2 nitrogen and oxygen atoms in total. The number of thiophene rings is 1. The molecule has 0 radical (unpaired) electrons. The highest BCUT2D eigenvalue weighted by Gasteiger charge is 2.07.